The Balaban J connectivity index is 1.48. The van der Waals surface area contributed by atoms with Gasteiger partial charge >= 0.3 is 0 Å². The number of hydrogen-bond acceptors (Lipinski definition) is 5. The molecule has 3 aromatic rings. The summed E-state index contributed by atoms with van der Waals surface area (Å²) in [6.07, 6.45) is 1.52. The van der Waals surface area contributed by atoms with Crippen LogP contribution in [0, 0.1) is 0 Å². The Morgan fingerprint density at radius 1 is 1.23 bits per heavy atom. The second-order valence-corrected chi connectivity index (χ2v) is 6.57. The molecule has 0 aliphatic carbocycles. The van der Waals surface area contributed by atoms with Gasteiger partial charge in [-0.25, -0.2) is 4.98 Å². The van der Waals surface area contributed by atoms with Crippen LogP contribution in [-0.2, 0) is 5.75 Å². The summed E-state index contributed by atoms with van der Waals surface area (Å²) >= 11 is 3.51. The van der Waals surface area contributed by atoms with Gasteiger partial charge in [-0.1, -0.05) is 12.1 Å². The quantitative estimate of drug-likeness (QED) is 0.705. The topological polar surface area (TPSA) is 54.9 Å². The first kappa shape index (κ1) is 15.0. The monoisotopic (exact) mass is 329 g/mol. The van der Waals surface area contributed by atoms with E-state index in [0.717, 1.165) is 22.5 Å². The van der Waals surface area contributed by atoms with E-state index in [4.69, 9.17) is 0 Å². The van der Waals surface area contributed by atoms with Crippen LogP contribution in [-0.4, -0.2) is 28.2 Å². The second kappa shape index (κ2) is 7.38. The van der Waals surface area contributed by atoms with Crippen LogP contribution in [0.2, 0.25) is 0 Å². The van der Waals surface area contributed by atoms with Gasteiger partial charge in [0.05, 0.1) is 17.2 Å². The number of hydrogen-bond donors (Lipinski definition) is 1. The predicted octanol–water partition coefficient (Wildman–Crippen LogP) is 3.35. The molecule has 1 N–H and O–H groups in total. The standard InChI is InChI=1S/C16H15N3OS2/c20-16(17-6-8-22-11-12-5-7-21-10-12)15-9-18-13-3-1-2-4-14(13)19-15/h1-5,7,9-10H,6,8,11H2,(H,17,20). The summed E-state index contributed by atoms with van der Waals surface area (Å²) < 4.78 is 0. The number of aromatic nitrogens is 2. The van der Waals surface area contributed by atoms with Gasteiger partial charge in [0.15, 0.2) is 0 Å². The summed E-state index contributed by atoms with van der Waals surface area (Å²) in [4.78, 5) is 20.6. The predicted molar refractivity (Wildman–Crippen MR) is 92.4 cm³/mol. The largest absolute Gasteiger partial charge is 0.350 e. The summed E-state index contributed by atoms with van der Waals surface area (Å²) in [7, 11) is 0. The van der Waals surface area contributed by atoms with Gasteiger partial charge in [-0.3, -0.25) is 9.78 Å². The number of fused-ring (bicyclic) bond motifs is 1. The van der Waals surface area contributed by atoms with Crippen molar-refractivity contribution in [2.24, 2.45) is 0 Å². The zero-order valence-corrected chi connectivity index (χ0v) is 13.5. The van der Waals surface area contributed by atoms with Gasteiger partial charge in [0.1, 0.15) is 5.69 Å². The number of nitrogens with one attached hydrogen (secondary N) is 1. The molecule has 0 saturated heterocycles. The molecule has 22 heavy (non-hydrogen) atoms. The number of carbonyl (C=O) groups excluding carboxylic acids is 1. The molecule has 4 nitrogen and oxygen atoms in total. The molecular formula is C16H15N3OS2. The van der Waals surface area contributed by atoms with Crippen molar-refractivity contribution in [3.05, 3.63) is 58.5 Å². The van der Waals surface area contributed by atoms with Crippen LogP contribution in [0.4, 0.5) is 0 Å². The van der Waals surface area contributed by atoms with Gasteiger partial charge in [-0.2, -0.15) is 23.1 Å². The van der Waals surface area contributed by atoms with E-state index in [1.807, 2.05) is 24.3 Å². The molecule has 1 amide bonds. The van der Waals surface area contributed by atoms with Crippen molar-refractivity contribution in [3.8, 4) is 0 Å². The van der Waals surface area contributed by atoms with Crippen molar-refractivity contribution in [2.45, 2.75) is 5.75 Å². The number of thiophene rings is 1. The van der Waals surface area contributed by atoms with E-state index in [2.05, 4.69) is 32.1 Å². The van der Waals surface area contributed by atoms with Crippen LogP contribution in [0.3, 0.4) is 0 Å². The summed E-state index contributed by atoms with van der Waals surface area (Å²) in [5, 5.41) is 7.11. The van der Waals surface area contributed by atoms with Crippen molar-refractivity contribution >= 4 is 40.0 Å². The smallest absolute Gasteiger partial charge is 0.271 e. The Kier molecular flexibility index (Phi) is 5.03. The van der Waals surface area contributed by atoms with Crippen molar-refractivity contribution < 1.29 is 4.79 Å². The lowest BCUT2D eigenvalue weighted by atomic mass is 10.3. The molecule has 0 aliphatic heterocycles. The Hall–Kier alpha value is -1.92. The molecular weight excluding hydrogens is 314 g/mol. The first-order valence-corrected chi connectivity index (χ1v) is 9.01. The Morgan fingerprint density at radius 2 is 2.09 bits per heavy atom. The van der Waals surface area contributed by atoms with Gasteiger partial charge in [0.2, 0.25) is 0 Å². The van der Waals surface area contributed by atoms with E-state index in [1.54, 1.807) is 23.1 Å². The van der Waals surface area contributed by atoms with Crippen LogP contribution in [0.25, 0.3) is 11.0 Å². The normalized spacial score (nSPS) is 10.7. The van der Waals surface area contributed by atoms with Gasteiger partial charge < -0.3 is 5.32 Å². The molecule has 0 saturated carbocycles. The number of thioether (sulfide) groups is 1. The Bertz CT molecular complexity index is 759. The van der Waals surface area contributed by atoms with E-state index in [9.17, 15) is 4.79 Å². The number of carbonyl (C=O) groups is 1. The van der Waals surface area contributed by atoms with E-state index in [1.165, 1.54) is 11.8 Å². The Labute approximate surface area is 137 Å². The fourth-order valence-electron chi connectivity index (χ4n) is 1.96. The number of para-hydroxylation sites is 2. The van der Waals surface area contributed by atoms with Crippen LogP contribution >= 0.6 is 23.1 Å². The highest BCUT2D eigenvalue weighted by Crippen LogP contribution is 2.14. The third kappa shape index (κ3) is 3.84. The molecule has 0 fully saturated rings. The summed E-state index contributed by atoms with van der Waals surface area (Å²) in [6, 6.07) is 9.66. The second-order valence-electron chi connectivity index (χ2n) is 4.68. The van der Waals surface area contributed by atoms with Crippen LogP contribution in [0.1, 0.15) is 16.1 Å². The highest BCUT2D eigenvalue weighted by molar-refractivity contribution is 7.98. The summed E-state index contributed by atoms with van der Waals surface area (Å²) in [5.74, 6) is 1.69. The fraction of sp³-hybridized carbons (Fsp3) is 0.188. The minimum Gasteiger partial charge on any atom is -0.350 e. The van der Waals surface area contributed by atoms with E-state index < -0.39 is 0 Å². The molecule has 0 unspecified atom stereocenters. The molecule has 0 radical (unpaired) electrons. The van der Waals surface area contributed by atoms with Crippen LogP contribution in [0.5, 0.6) is 0 Å². The molecule has 0 aliphatic rings. The average molecular weight is 329 g/mol. The van der Waals surface area contributed by atoms with E-state index in [0.29, 0.717) is 12.2 Å². The minimum atomic E-state index is -0.172. The van der Waals surface area contributed by atoms with Crippen LogP contribution in [0.15, 0.2) is 47.3 Å². The molecule has 1 aromatic carbocycles. The van der Waals surface area contributed by atoms with Gasteiger partial charge in [0, 0.05) is 18.1 Å². The van der Waals surface area contributed by atoms with Crippen molar-refractivity contribution in [1.29, 1.82) is 0 Å². The molecule has 112 valence electrons. The number of nitrogens with zero attached hydrogens (tertiary/aromatic N) is 2. The minimum absolute atomic E-state index is 0.172. The van der Waals surface area contributed by atoms with Crippen molar-refractivity contribution in [3.63, 3.8) is 0 Å². The molecule has 0 atom stereocenters. The average Bonchev–Trinajstić information content (AvgIpc) is 3.07. The molecule has 3 rings (SSSR count). The van der Waals surface area contributed by atoms with Crippen LogP contribution < -0.4 is 5.32 Å². The zero-order chi connectivity index (χ0) is 15.2. The molecule has 2 heterocycles. The van der Waals surface area contributed by atoms with Crippen molar-refractivity contribution in [2.75, 3.05) is 12.3 Å². The highest BCUT2D eigenvalue weighted by atomic mass is 32.2. The number of amides is 1. The lowest BCUT2D eigenvalue weighted by Gasteiger charge is -2.05. The van der Waals surface area contributed by atoms with Gasteiger partial charge in [0.25, 0.3) is 5.91 Å². The van der Waals surface area contributed by atoms with Gasteiger partial charge in [-0.05, 0) is 34.5 Å². The molecule has 0 spiro atoms. The van der Waals surface area contributed by atoms with Crippen molar-refractivity contribution in [1.82, 2.24) is 15.3 Å². The first-order valence-electron chi connectivity index (χ1n) is 6.92. The third-order valence-electron chi connectivity index (χ3n) is 3.06. The lowest BCUT2D eigenvalue weighted by Crippen LogP contribution is -2.26. The zero-order valence-electron chi connectivity index (χ0n) is 11.9. The number of benzene rings is 1. The molecule has 2 aromatic heterocycles. The third-order valence-corrected chi connectivity index (χ3v) is 4.82. The maximum absolute atomic E-state index is 12.1. The summed E-state index contributed by atoms with van der Waals surface area (Å²) in [6.45, 7) is 0.627. The molecule has 0 bridgehead atoms. The lowest BCUT2D eigenvalue weighted by molar-refractivity contribution is 0.0951. The molecule has 6 heteroatoms. The summed E-state index contributed by atoms with van der Waals surface area (Å²) in [5.41, 5.74) is 3.23. The SMILES string of the molecule is O=C(NCCSCc1ccsc1)c1cnc2ccccc2n1. The fourth-order valence-corrected chi connectivity index (χ4v) is 3.54. The van der Waals surface area contributed by atoms with Gasteiger partial charge in [-0.15, -0.1) is 0 Å². The first-order chi connectivity index (χ1) is 10.8. The maximum atomic E-state index is 12.1. The van der Waals surface area contributed by atoms with E-state index >= 15 is 0 Å². The number of rotatable bonds is 6. The van der Waals surface area contributed by atoms with E-state index in [-0.39, 0.29) is 5.91 Å². The highest BCUT2D eigenvalue weighted by Gasteiger charge is 2.08. The maximum Gasteiger partial charge on any atom is 0.271 e. The Morgan fingerprint density at radius 3 is 2.91 bits per heavy atom.